The van der Waals surface area contributed by atoms with Crippen molar-refractivity contribution in [2.24, 2.45) is 0 Å². The summed E-state index contributed by atoms with van der Waals surface area (Å²) in [6, 6.07) is 0. The van der Waals surface area contributed by atoms with Crippen LogP contribution in [0.1, 0.15) is 85.5 Å². The first kappa shape index (κ1) is 17.9. The van der Waals surface area contributed by atoms with Gasteiger partial charge in [-0.05, 0) is 26.7 Å². The van der Waals surface area contributed by atoms with Crippen molar-refractivity contribution in [1.29, 1.82) is 0 Å². The minimum atomic E-state index is -0.244. The summed E-state index contributed by atoms with van der Waals surface area (Å²) in [7, 11) is 0. The van der Waals surface area contributed by atoms with E-state index in [1.165, 1.54) is 57.8 Å². The summed E-state index contributed by atoms with van der Waals surface area (Å²) >= 11 is 0. The highest BCUT2D eigenvalue weighted by Gasteiger charge is 2.22. The molecule has 0 saturated carbocycles. The molecule has 2 N–H and O–H groups in total. The van der Waals surface area contributed by atoms with Gasteiger partial charge in [-0.1, -0.05) is 58.8 Å². The van der Waals surface area contributed by atoms with Gasteiger partial charge in [-0.3, -0.25) is 0 Å². The van der Waals surface area contributed by atoms with E-state index >= 15 is 0 Å². The zero-order valence-corrected chi connectivity index (χ0v) is 13.1. The number of hydrogen-bond donors (Lipinski definition) is 2. The van der Waals surface area contributed by atoms with Crippen molar-refractivity contribution in [1.82, 2.24) is 5.32 Å². The second-order valence-corrected chi connectivity index (χ2v) is 6.06. The van der Waals surface area contributed by atoms with E-state index in [1.54, 1.807) is 0 Å². The van der Waals surface area contributed by atoms with E-state index in [-0.39, 0.29) is 11.6 Å². The van der Waals surface area contributed by atoms with Gasteiger partial charge < -0.3 is 10.4 Å². The van der Waals surface area contributed by atoms with Crippen molar-refractivity contribution in [2.45, 2.75) is 97.1 Å². The van der Waals surface area contributed by atoms with E-state index in [2.05, 4.69) is 26.1 Å². The van der Waals surface area contributed by atoms with Crippen LogP contribution in [0.5, 0.6) is 0 Å². The fourth-order valence-corrected chi connectivity index (χ4v) is 2.40. The maximum absolute atomic E-state index is 9.43. The lowest BCUT2D eigenvalue weighted by Gasteiger charge is -2.32. The largest absolute Gasteiger partial charge is 0.392 e. The lowest BCUT2D eigenvalue weighted by molar-refractivity contribution is 0.165. The number of aliphatic hydroxyl groups is 1. The van der Waals surface area contributed by atoms with Gasteiger partial charge in [0, 0.05) is 12.1 Å². The Morgan fingerprint density at radius 3 is 1.94 bits per heavy atom. The summed E-state index contributed by atoms with van der Waals surface area (Å²) in [4.78, 5) is 0. The minimum Gasteiger partial charge on any atom is -0.392 e. The molecule has 0 amide bonds. The Hall–Kier alpha value is -0.0800. The summed E-state index contributed by atoms with van der Waals surface area (Å²) in [5, 5.41) is 13.0. The van der Waals surface area contributed by atoms with Crippen LogP contribution in [0.3, 0.4) is 0 Å². The molecule has 18 heavy (non-hydrogen) atoms. The summed E-state index contributed by atoms with van der Waals surface area (Å²) in [5.41, 5.74) is 0.222. The first-order valence-electron chi connectivity index (χ1n) is 7.97. The average molecular weight is 257 g/mol. The molecule has 0 rings (SSSR count). The Balaban J connectivity index is 4.03. The molecule has 0 bridgehead atoms. The molecular formula is C16H35NO. The van der Waals surface area contributed by atoms with E-state index in [0.29, 0.717) is 0 Å². The molecule has 0 aliphatic heterocycles. The molecule has 0 aromatic rings. The van der Waals surface area contributed by atoms with Gasteiger partial charge >= 0.3 is 0 Å². The van der Waals surface area contributed by atoms with Gasteiger partial charge in [0.1, 0.15) is 0 Å². The highest BCUT2D eigenvalue weighted by Crippen LogP contribution is 2.22. The van der Waals surface area contributed by atoms with Crippen LogP contribution in [0.15, 0.2) is 0 Å². The second kappa shape index (κ2) is 10.8. The van der Waals surface area contributed by atoms with E-state index < -0.39 is 0 Å². The van der Waals surface area contributed by atoms with Gasteiger partial charge in [0.15, 0.2) is 0 Å². The Kier molecular flexibility index (Phi) is 10.8. The van der Waals surface area contributed by atoms with Crippen molar-refractivity contribution in [2.75, 3.05) is 6.54 Å². The average Bonchev–Trinajstić information content (AvgIpc) is 2.33. The number of β-amino-alcohol motifs (C(OH)–C–C–N with tert-alkyl or cyclic N) is 1. The van der Waals surface area contributed by atoms with Gasteiger partial charge in [-0.15, -0.1) is 0 Å². The zero-order chi connectivity index (χ0) is 13.9. The van der Waals surface area contributed by atoms with E-state index in [1.807, 2.05) is 6.92 Å². The quantitative estimate of drug-likeness (QED) is 0.512. The van der Waals surface area contributed by atoms with Crippen molar-refractivity contribution >= 4 is 0 Å². The normalized spacial score (nSPS) is 16.5. The Labute approximate surface area is 115 Å². The second-order valence-electron chi connectivity index (χ2n) is 6.06. The molecule has 2 nitrogen and oxygen atoms in total. The third-order valence-electron chi connectivity index (χ3n) is 3.74. The Morgan fingerprint density at radius 2 is 1.44 bits per heavy atom. The first-order chi connectivity index (χ1) is 8.54. The van der Waals surface area contributed by atoms with Crippen molar-refractivity contribution in [3.05, 3.63) is 0 Å². The van der Waals surface area contributed by atoms with E-state index in [9.17, 15) is 5.11 Å². The first-order valence-corrected chi connectivity index (χ1v) is 7.97. The molecule has 0 aromatic heterocycles. The van der Waals surface area contributed by atoms with Crippen LogP contribution in [-0.4, -0.2) is 23.3 Å². The maximum Gasteiger partial charge on any atom is 0.0636 e. The highest BCUT2D eigenvalue weighted by atomic mass is 16.3. The van der Waals surface area contributed by atoms with Crippen LogP contribution in [0, 0.1) is 0 Å². The molecule has 0 spiro atoms. The molecule has 110 valence electrons. The molecule has 0 aliphatic rings. The molecule has 0 fully saturated rings. The smallest absolute Gasteiger partial charge is 0.0636 e. The standard InChI is InChI=1S/C16H35NO/c1-5-7-9-11-13-16(4,12-10-8-6-2)17-14-15(3)18/h15,17-18H,5-14H2,1-4H3. The number of rotatable bonds is 12. The zero-order valence-electron chi connectivity index (χ0n) is 13.1. The maximum atomic E-state index is 9.43. The molecule has 0 saturated heterocycles. The van der Waals surface area contributed by atoms with Crippen molar-refractivity contribution < 1.29 is 5.11 Å². The SMILES string of the molecule is CCCCCCC(C)(CCCCC)NCC(C)O. The van der Waals surface area contributed by atoms with Gasteiger partial charge in [0.05, 0.1) is 6.10 Å². The fraction of sp³-hybridized carbons (Fsp3) is 1.00. The minimum absolute atomic E-state index is 0.222. The summed E-state index contributed by atoms with van der Waals surface area (Å²) in [6.07, 6.45) is 11.4. The van der Waals surface area contributed by atoms with E-state index in [4.69, 9.17) is 0 Å². The van der Waals surface area contributed by atoms with Gasteiger partial charge in [-0.25, -0.2) is 0 Å². The van der Waals surface area contributed by atoms with Crippen LogP contribution in [-0.2, 0) is 0 Å². The van der Waals surface area contributed by atoms with E-state index in [0.717, 1.165) is 6.54 Å². The number of aliphatic hydroxyl groups excluding tert-OH is 1. The summed E-state index contributed by atoms with van der Waals surface area (Å²) < 4.78 is 0. The lowest BCUT2D eigenvalue weighted by atomic mass is 9.88. The fourth-order valence-electron chi connectivity index (χ4n) is 2.40. The molecule has 0 aliphatic carbocycles. The van der Waals surface area contributed by atoms with Crippen LogP contribution in [0.2, 0.25) is 0 Å². The number of hydrogen-bond acceptors (Lipinski definition) is 2. The molecule has 0 aromatic carbocycles. The molecular weight excluding hydrogens is 222 g/mol. The molecule has 2 heteroatoms. The summed E-state index contributed by atoms with van der Waals surface area (Å²) in [5.74, 6) is 0. The predicted octanol–water partition coefficient (Wildman–Crippen LogP) is 4.27. The van der Waals surface area contributed by atoms with Crippen LogP contribution >= 0.6 is 0 Å². The topological polar surface area (TPSA) is 32.3 Å². The Morgan fingerprint density at radius 1 is 0.944 bits per heavy atom. The highest BCUT2D eigenvalue weighted by molar-refractivity contribution is 4.83. The molecule has 0 radical (unpaired) electrons. The van der Waals surface area contributed by atoms with Gasteiger partial charge in [-0.2, -0.15) is 0 Å². The van der Waals surface area contributed by atoms with Crippen molar-refractivity contribution in [3.63, 3.8) is 0 Å². The van der Waals surface area contributed by atoms with Crippen molar-refractivity contribution in [3.8, 4) is 0 Å². The van der Waals surface area contributed by atoms with Crippen LogP contribution < -0.4 is 5.32 Å². The predicted molar refractivity (Wildman–Crippen MR) is 81.0 cm³/mol. The third kappa shape index (κ3) is 9.90. The molecule has 2 atom stereocenters. The molecule has 2 unspecified atom stereocenters. The monoisotopic (exact) mass is 257 g/mol. The lowest BCUT2D eigenvalue weighted by Crippen LogP contribution is -2.45. The number of unbranched alkanes of at least 4 members (excludes halogenated alkanes) is 5. The third-order valence-corrected chi connectivity index (χ3v) is 3.74. The number of nitrogens with one attached hydrogen (secondary N) is 1. The van der Waals surface area contributed by atoms with Gasteiger partial charge in [0.25, 0.3) is 0 Å². The van der Waals surface area contributed by atoms with Crippen LogP contribution in [0.25, 0.3) is 0 Å². The summed E-state index contributed by atoms with van der Waals surface area (Å²) in [6.45, 7) is 9.41. The van der Waals surface area contributed by atoms with Gasteiger partial charge in [0.2, 0.25) is 0 Å². The molecule has 0 heterocycles. The van der Waals surface area contributed by atoms with Crippen LogP contribution in [0.4, 0.5) is 0 Å². The Bertz CT molecular complexity index is 182.